The molecule has 2 atom stereocenters. The van der Waals surface area contributed by atoms with Crippen LogP contribution in [0.4, 0.5) is 10.1 Å². The topological polar surface area (TPSA) is 94.7 Å². The number of fused-ring (bicyclic) bond motifs is 4. The number of benzene rings is 2. The van der Waals surface area contributed by atoms with Gasteiger partial charge in [-0.05, 0) is 66.4 Å². The highest BCUT2D eigenvalue weighted by Gasteiger charge is 2.23. The van der Waals surface area contributed by atoms with Crippen molar-refractivity contribution in [3.8, 4) is 33.5 Å². The zero-order valence-corrected chi connectivity index (χ0v) is 23.8. The van der Waals surface area contributed by atoms with E-state index in [0.29, 0.717) is 52.5 Å². The molecule has 4 heterocycles. The van der Waals surface area contributed by atoms with Gasteiger partial charge in [-0.2, -0.15) is 5.10 Å². The van der Waals surface area contributed by atoms with Gasteiger partial charge in [-0.15, -0.1) is 0 Å². The summed E-state index contributed by atoms with van der Waals surface area (Å²) in [7, 11) is 1.84. The van der Waals surface area contributed by atoms with Gasteiger partial charge >= 0.3 is 0 Å². The summed E-state index contributed by atoms with van der Waals surface area (Å²) in [6.45, 7) is 1.87. The number of anilines is 1. The van der Waals surface area contributed by atoms with Crippen molar-refractivity contribution in [2.75, 3.05) is 5.32 Å². The molecule has 5 aromatic rings. The van der Waals surface area contributed by atoms with Crippen molar-refractivity contribution in [1.29, 1.82) is 0 Å². The number of nitrogens with zero attached hydrogens (tertiary/aromatic N) is 5. The van der Waals surface area contributed by atoms with Crippen molar-refractivity contribution in [2.45, 2.75) is 32.2 Å². The molecule has 42 heavy (non-hydrogen) atoms. The van der Waals surface area contributed by atoms with Gasteiger partial charge in [0.15, 0.2) is 0 Å². The van der Waals surface area contributed by atoms with E-state index in [1.807, 2.05) is 32.3 Å². The molecule has 8 nitrogen and oxygen atoms in total. The summed E-state index contributed by atoms with van der Waals surface area (Å²) >= 11 is 6.35. The highest BCUT2D eigenvalue weighted by Crippen LogP contribution is 2.35. The second-order valence-electron chi connectivity index (χ2n) is 10.6. The number of amides is 1. The first-order valence-electron chi connectivity index (χ1n) is 13.7. The average Bonchev–Trinajstić information content (AvgIpc) is 3.41. The van der Waals surface area contributed by atoms with Crippen LogP contribution in [0.5, 0.6) is 0 Å². The quantitative estimate of drug-likeness (QED) is 0.262. The summed E-state index contributed by atoms with van der Waals surface area (Å²) in [4.78, 5) is 36.0. The van der Waals surface area contributed by atoms with Crippen molar-refractivity contribution in [2.24, 2.45) is 13.0 Å². The Bertz CT molecular complexity index is 1870. The Kier molecular flexibility index (Phi) is 7.43. The molecular formula is C32H28ClFN6O2. The SMILES string of the molecule is C[C@@H]1CCC[C@H](n2cnc(-c3cc(Cl)ccc3-c3cnn(C)c3)cc2=O)c2cc(ccn2)-c2cc(F)ccc2NC1=O. The van der Waals surface area contributed by atoms with Gasteiger partial charge < -0.3 is 5.32 Å². The third-order valence-electron chi connectivity index (χ3n) is 7.68. The van der Waals surface area contributed by atoms with E-state index >= 15 is 0 Å². The summed E-state index contributed by atoms with van der Waals surface area (Å²) in [6.07, 6.45) is 8.67. The van der Waals surface area contributed by atoms with Crippen molar-refractivity contribution in [3.05, 3.63) is 106 Å². The van der Waals surface area contributed by atoms with Gasteiger partial charge in [0.2, 0.25) is 5.91 Å². The van der Waals surface area contributed by atoms with E-state index in [4.69, 9.17) is 16.6 Å². The van der Waals surface area contributed by atoms with Gasteiger partial charge in [-0.3, -0.25) is 23.8 Å². The van der Waals surface area contributed by atoms with Crippen molar-refractivity contribution >= 4 is 23.2 Å². The van der Waals surface area contributed by atoms with Crippen LogP contribution in [0.2, 0.25) is 5.02 Å². The monoisotopic (exact) mass is 582 g/mol. The lowest BCUT2D eigenvalue weighted by Crippen LogP contribution is -2.27. The smallest absolute Gasteiger partial charge is 0.254 e. The molecule has 10 heteroatoms. The maximum absolute atomic E-state index is 14.3. The number of pyridine rings is 1. The highest BCUT2D eigenvalue weighted by atomic mass is 35.5. The van der Waals surface area contributed by atoms with E-state index in [0.717, 1.165) is 16.7 Å². The summed E-state index contributed by atoms with van der Waals surface area (Å²) in [5.74, 6) is -0.829. The molecule has 212 valence electrons. The minimum Gasteiger partial charge on any atom is -0.325 e. The molecule has 0 unspecified atom stereocenters. The van der Waals surface area contributed by atoms with Gasteiger partial charge in [0, 0.05) is 58.8 Å². The molecule has 3 aromatic heterocycles. The van der Waals surface area contributed by atoms with Gasteiger partial charge in [0.05, 0.1) is 30.0 Å². The van der Waals surface area contributed by atoms with Crippen LogP contribution in [0.15, 0.2) is 84.3 Å². The predicted molar refractivity (Wildman–Crippen MR) is 161 cm³/mol. The number of nitrogens with one attached hydrogen (secondary N) is 1. The molecule has 2 bridgehead atoms. The van der Waals surface area contributed by atoms with Gasteiger partial charge in [-0.1, -0.05) is 31.0 Å². The maximum Gasteiger partial charge on any atom is 0.254 e. The molecule has 1 aliphatic rings. The van der Waals surface area contributed by atoms with E-state index in [9.17, 15) is 14.0 Å². The lowest BCUT2D eigenvalue weighted by atomic mass is 9.95. The Balaban J connectivity index is 1.44. The second-order valence-corrected chi connectivity index (χ2v) is 11.0. The number of carbonyl (C=O) groups excluding carboxylic acids is 1. The molecule has 1 N–H and O–H groups in total. The number of hydrogen-bond donors (Lipinski definition) is 1. The van der Waals surface area contributed by atoms with Gasteiger partial charge in [0.1, 0.15) is 5.82 Å². The van der Waals surface area contributed by atoms with Crippen LogP contribution in [-0.2, 0) is 11.8 Å². The molecule has 0 radical (unpaired) electrons. The van der Waals surface area contributed by atoms with Crippen molar-refractivity contribution < 1.29 is 9.18 Å². The first kappa shape index (κ1) is 27.5. The Morgan fingerprint density at radius 2 is 1.81 bits per heavy atom. The van der Waals surface area contributed by atoms with Crippen LogP contribution in [0.25, 0.3) is 33.5 Å². The molecule has 0 aliphatic carbocycles. The normalized spacial score (nSPS) is 17.1. The van der Waals surface area contributed by atoms with Crippen LogP contribution >= 0.6 is 11.6 Å². The van der Waals surface area contributed by atoms with E-state index in [1.54, 1.807) is 52.2 Å². The minimum atomic E-state index is -0.442. The van der Waals surface area contributed by atoms with E-state index in [1.165, 1.54) is 18.2 Å². The number of carbonyl (C=O) groups is 1. The summed E-state index contributed by atoms with van der Waals surface area (Å²) in [6, 6.07) is 14.4. The number of aromatic nitrogens is 5. The Hall–Kier alpha value is -4.63. The molecule has 1 aliphatic heterocycles. The summed E-state index contributed by atoms with van der Waals surface area (Å²) in [5, 5.41) is 7.75. The zero-order chi connectivity index (χ0) is 29.4. The number of rotatable bonds is 3. The molecule has 2 aromatic carbocycles. The van der Waals surface area contributed by atoms with Crippen LogP contribution in [-0.4, -0.2) is 30.2 Å². The lowest BCUT2D eigenvalue weighted by molar-refractivity contribution is -0.119. The number of aryl methyl sites for hydroxylation is 1. The second kappa shape index (κ2) is 11.3. The zero-order valence-electron chi connectivity index (χ0n) is 23.1. The van der Waals surface area contributed by atoms with Crippen molar-refractivity contribution in [1.82, 2.24) is 24.3 Å². The fourth-order valence-corrected chi connectivity index (χ4v) is 5.60. The minimum absolute atomic E-state index is 0.136. The first-order valence-corrected chi connectivity index (χ1v) is 14.1. The number of hydrogen-bond acceptors (Lipinski definition) is 5. The Labute approximate surface area is 246 Å². The third-order valence-corrected chi connectivity index (χ3v) is 7.92. The van der Waals surface area contributed by atoms with Crippen LogP contribution in [0.1, 0.15) is 37.9 Å². The molecule has 6 rings (SSSR count). The third kappa shape index (κ3) is 5.47. The largest absolute Gasteiger partial charge is 0.325 e. The predicted octanol–water partition coefficient (Wildman–Crippen LogP) is 6.51. The first-order chi connectivity index (χ1) is 20.3. The molecule has 0 saturated heterocycles. The standard InChI is InChI=1S/C32H28ClFN6O2/c1-19-4-3-5-30(29-12-20(10-11-35-29)25-14-23(34)7-9-27(25)38-32(19)42)40-18-36-28(15-31(40)41)26-13-22(33)6-8-24(26)21-16-37-39(2)17-21/h6-19,30H,3-5H2,1-2H3,(H,38,42)/t19-,30+/m1/s1. The average molecular weight is 583 g/mol. The molecule has 0 spiro atoms. The lowest BCUT2D eigenvalue weighted by Gasteiger charge is -2.23. The van der Waals surface area contributed by atoms with Crippen LogP contribution in [0.3, 0.4) is 0 Å². The Morgan fingerprint density at radius 1 is 0.952 bits per heavy atom. The molecule has 0 fully saturated rings. The summed E-state index contributed by atoms with van der Waals surface area (Å²) in [5.41, 5.74) is 5.10. The fourth-order valence-electron chi connectivity index (χ4n) is 5.43. The molecular weight excluding hydrogens is 555 g/mol. The van der Waals surface area contributed by atoms with E-state index < -0.39 is 11.9 Å². The fraction of sp³-hybridized carbons (Fsp3) is 0.219. The number of halogens is 2. The maximum atomic E-state index is 14.3. The van der Waals surface area contributed by atoms with Crippen molar-refractivity contribution in [3.63, 3.8) is 0 Å². The van der Waals surface area contributed by atoms with Crippen LogP contribution in [0, 0.1) is 11.7 Å². The van der Waals surface area contributed by atoms with E-state index in [-0.39, 0.29) is 17.4 Å². The molecule has 0 saturated carbocycles. The highest BCUT2D eigenvalue weighted by molar-refractivity contribution is 6.31. The van der Waals surface area contributed by atoms with Gasteiger partial charge in [0.25, 0.3) is 5.56 Å². The van der Waals surface area contributed by atoms with E-state index in [2.05, 4.69) is 15.4 Å². The van der Waals surface area contributed by atoms with Gasteiger partial charge in [-0.25, -0.2) is 9.37 Å². The Morgan fingerprint density at radius 3 is 2.60 bits per heavy atom. The summed E-state index contributed by atoms with van der Waals surface area (Å²) < 4.78 is 17.6. The molecule has 1 amide bonds. The van der Waals surface area contributed by atoms with Crippen LogP contribution < -0.4 is 10.9 Å².